The van der Waals surface area contributed by atoms with Crippen LogP contribution in [0.1, 0.15) is 58.3 Å². The van der Waals surface area contributed by atoms with Crippen LogP contribution >= 0.6 is 0 Å². The molecule has 3 nitrogen and oxygen atoms in total. The lowest BCUT2D eigenvalue weighted by Gasteiger charge is -2.24. The highest BCUT2D eigenvalue weighted by molar-refractivity contribution is 5.78. The largest absolute Gasteiger partial charge is 0.342 e. The van der Waals surface area contributed by atoms with Crippen LogP contribution in [0.4, 0.5) is 0 Å². The van der Waals surface area contributed by atoms with Gasteiger partial charge >= 0.3 is 0 Å². The molecule has 0 bridgehead atoms. The molecule has 1 heterocycles. The Balaban J connectivity index is 1.69. The van der Waals surface area contributed by atoms with E-state index in [0.29, 0.717) is 18.5 Å². The summed E-state index contributed by atoms with van der Waals surface area (Å²) in [4.78, 5) is 14.2. The van der Waals surface area contributed by atoms with Crippen LogP contribution in [-0.4, -0.2) is 36.5 Å². The topological polar surface area (TPSA) is 32.3 Å². The molecule has 0 radical (unpaired) electrons. The Kier molecular flexibility index (Phi) is 5.48. The van der Waals surface area contributed by atoms with Crippen LogP contribution in [0.15, 0.2) is 0 Å². The second-order valence-corrected chi connectivity index (χ2v) is 6.01. The quantitative estimate of drug-likeness (QED) is 0.834. The fourth-order valence-electron chi connectivity index (χ4n) is 3.30. The molecule has 0 aromatic carbocycles. The maximum atomic E-state index is 12.1. The molecule has 1 saturated carbocycles. The van der Waals surface area contributed by atoms with Crippen LogP contribution in [0, 0.1) is 5.92 Å². The summed E-state index contributed by atoms with van der Waals surface area (Å²) in [5.41, 5.74) is 0. The number of carbonyl (C=O) groups excluding carboxylic acids is 1. The van der Waals surface area contributed by atoms with Crippen LogP contribution in [-0.2, 0) is 4.79 Å². The predicted octanol–water partition coefficient (Wildman–Crippen LogP) is 2.56. The van der Waals surface area contributed by atoms with Gasteiger partial charge in [-0.1, -0.05) is 25.7 Å². The smallest absolute Gasteiger partial charge is 0.236 e. The molecule has 1 aliphatic heterocycles. The Morgan fingerprint density at radius 1 is 1.11 bits per heavy atom. The van der Waals surface area contributed by atoms with Gasteiger partial charge in [-0.3, -0.25) is 4.79 Å². The Labute approximate surface area is 111 Å². The first-order valence-corrected chi connectivity index (χ1v) is 7.78. The third-order valence-corrected chi connectivity index (χ3v) is 4.64. The molecule has 2 aliphatic rings. The Morgan fingerprint density at radius 2 is 1.72 bits per heavy atom. The van der Waals surface area contributed by atoms with E-state index >= 15 is 0 Å². The maximum Gasteiger partial charge on any atom is 0.236 e. The molecule has 0 spiro atoms. The van der Waals surface area contributed by atoms with Crippen molar-refractivity contribution in [1.82, 2.24) is 10.2 Å². The van der Waals surface area contributed by atoms with Gasteiger partial charge in [-0.15, -0.1) is 0 Å². The molecular formula is C15H28N2O. The molecule has 1 atom stereocenters. The zero-order valence-corrected chi connectivity index (χ0v) is 11.8. The fourth-order valence-corrected chi connectivity index (χ4v) is 3.30. The van der Waals surface area contributed by atoms with Crippen LogP contribution in [0.5, 0.6) is 0 Å². The van der Waals surface area contributed by atoms with E-state index in [1.807, 2.05) is 0 Å². The highest BCUT2D eigenvalue weighted by Gasteiger charge is 2.22. The van der Waals surface area contributed by atoms with E-state index in [4.69, 9.17) is 0 Å². The van der Waals surface area contributed by atoms with Gasteiger partial charge in [0.15, 0.2) is 0 Å². The molecule has 1 saturated heterocycles. The molecule has 2 fully saturated rings. The van der Waals surface area contributed by atoms with E-state index in [9.17, 15) is 4.79 Å². The normalized spacial score (nSPS) is 23.9. The van der Waals surface area contributed by atoms with E-state index in [1.54, 1.807) is 0 Å². The maximum absolute atomic E-state index is 12.1. The summed E-state index contributed by atoms with van der Waals surface area (Å²) in [6.45, 7) is 4.72. The summed E-state index contributed by atoms with van der Waals surface area (Å²) in [6.07, 6.45) is 10.4. The summed E-state index contributed by atoms with van der Waals surface area (Å²) in [7, 11) is 0. The van der Waals surface area contributed by atoms with E-state index in [1.165, 1.54) is 51.4 Å². The number of nitrogens with zero attached hydrogens (tertiary/aromatic N) is 1. The molecule has 3 heteroatoms. The highest BCUT2D eigenvalue weighted by atomic mass is 16.2. The first-order chi connectivity index (χ1) is 8.77. The molecule has 2 rings (SSSR count). The highest BCUT2D eigenvalue weighted by Crippen LogP contribution is 2.27. The van der Waals surface area contributed by atoms with Crippen molar-refractivity contribution in [1.29, 1.82) is 0 Å². The summed E-state index contributed by atoms with van der Waals surface area (Å²) >= 11 is 0. The lowest BCUT2D eigenvalue weighted by atomic mass is 10.00. The van der Waals surface area contributed by atoms with Gasteiger partial charge in [0.05, 0.1) is 6.54 Å². The molecule has 1 unspecified atom stereocenters. The van der Waals surface area contributed by atoms with Crippen molar-refractivity contribution < 1.29 is 4.79 Å². The average Bonchev–Trinajstić information content (AvgIpc) is 2.78. The Hall–Kier alpha value is -0.570. The zero-order chi connectivity index (χ0) is 12.8. The standard InChI is InChI=1S/C15H28N2O/c1-13(14-8-4-5-9-14)16-12-15(18)17-10-6-2-3-7-11-17/h13-14,16H,2-12H2,1H3. The summed E-state index contributed by atoms with van der Waals surface area (Å²) in [6, 6.07) is 0.503. The molecule has 0 aromatic heterocycles. The third kappa shape index (κ3) is 3.98. The van der Waals surface area contributed by atoms with Gasteiger partial charge in [-0.2, -0.15) is 0 Å². The SMILES string of the molecule is CC(NCC(=O)N1CCCCCC1)C1CCCC1. The number of carbonyl (C=O) groups is 1. The van der Waals surface area contributed by atoms with E-state index in [2.05, 4.69) is 17.1 Å². The van der Waals surface area contributed by atoms with Gasteiger partial charge < -0.3 is 10.2 Å². The summed E-state index contributed by atoms with van der Waals surface area (Å²) in [5.74, 6) is 1.10. The van der Waals surface area contributed by atoms with Crippen molar-refractivity contribution in [2.75, 3.05) is 19.6 Å². The molecule has 1 amide bonds. The van der Waals surface area contributed by atoms with Crippen molar-refractivity contribution >= 4 is 5.91 Å². The van der Waals surface area contributed by atoms with Gasteiger partial charge in [0.25, 0.3) is 0 Å². The molecule has 18 heavy (non-hydrogen) atoms. The van der Waals surface area contributed by atoms with Crippen molar-refractivity contribution in [3.05, 3.63) is 0 Å². The Morgan fingerprint density at radius 3 is 2.33 bits per heavy atom. The summed E-state index contributed by atoms with van der Waals surface area (Å²) in [5, 5.41) is 3.45. The minimum absolute atomic E-state index is 0.307. The summed E-state index contributed by atoms with van der Waals surface area (Å²) < 4.78 is 0. The van der Waals surface area contributed by atoms with Gasteiger partial charge in [-0.25, -0.2) is 0 Å². The van der Waals surface area contributed by atoms with E-state index < -0.39 is 0 Å². The predicted molar refractivity (Wildman–Crippen MR) is 74.5 cm³/mol. The van der Waals surface area contributed by atoms with E-state index in [0.717, 1.165) is 19.0 Å². The van der Waals surface area contributed by atoms with Crippen LogP contribution in [0.25, 0.3) is 0 Å². The average molecular weight is 252 g/mol. The van der Waals surface area contributed by atoms with Gasteiger partial charge in [-0.05, 0) is 38.5 Å². The first kappa shape index (κ1) is 13.9. The molecule has 1 N–H and O–H groups in total. The van der Waals surface area contributed by atoms with Crippen molar-refractivity contribution in [3.8, 4) is 0 Å². The number of rotatable bonds is 4. The number of hydrogen-bond donors (Lipinski definition) is 1. The van der Waals surface area contributed by atoms with Crippen molar-refractivity contribution in [3.63, 3.8) is 0 Å². The van der Waals surface area contributed by atoms with Gasteiger partial charge in [0.2, 0.25) is 5.91 Å². The minimum atomic E-state index is 0.307. The second kappa shape index (κ2) is 7.13. The van der Waals surface area contributed by atoms with Gasteiger partial charge in [0.1, 0.15) is 0 Å². The number of hydrogen-bond acceptors (Lipinski definition) is 2. The van der Waals surface area contributed by atoms with Crippen molar-refractivity contribution in [2.24, 2.45) is 5.92 Å². The van der Waals surface area contributed by atoms with Crippen LogP contribution in [0.3, 0.4) is 0 Å². The Bertz CT molecular complexity index is 253. The second-order valence-electron chi connectivity index (χ2n) is 6.01. The number of likely N-dealkylation sites (tertiary alicyclic amines) is 1. The fraction of sp³-hybridized carbons (Fsp3) is 0.933. The number of nitrogens with one attached hydrogen (secondary N) is 1. The monoisotopic (exact) mass is 252 g/mol. The molecular weight excluding hydrogens is 224 g/mol. The first-order valence-electron chi connectivity index (χ1n) is 7.78. The molecule has 104 valence electrons. The van der Waals surface area contributed by atoms with Gasteiger partial charge in [0, 0.05) is 19.1 Å². The zero-order valence-electron chi connectivity index (χ0n) is 11.8. The van der Waals surface area contributed by atoms with Crippen LogP contribution in [0.2, 0.25) is 0 Å². The molecule has 0 aromatic rings. The third-order valence-electron chi connectivity index (χ3n) is 4.64. The molecule has 1 aliphatic carbocycles. The lowest BCUT2D eigenvalue weighted by molar-refractivity contribution is -0.130. The number of amides is 1. The van der Waals surface area contributed by atoms with Crippen molar-refractivity contribution in [2.45, 2.75) is 64.3 Å². The lowest BCUT2D eigenvalue weighted by Crippen LogP contribution is -2.43. The van der Waals surface area contributed by atoms with Crippen LogP contribution < -0.4 is 5.32 Å². The van der Waals surface area contributed by atoms with E-state index in [-0.39, 0.29) is 0 Å². The minimum Gasteiger partial charge on any atom is -0.342 e.